The number of ether oxygens (including phenoxy) is 2. The molecule has 1 aliphatic heterocycles. The lowest BCUT2D eigenvalue weighted by Gasteiger charge is -2.09. The van der Waals surface area contributed by atoms with Crippen LogP contribution in [0.2, 0.25) is 0 Å². The standard InChI is InChI=1S/C15H19N3O2/c1-19-13-4-6-14(7-5-13)20-15-9-17-18(11-15)10-12-3-2-8-16-12/h4-7,9,11-12,16H,2-3,8,10H2,1H3. The van der Waals surface area contributed by atoms with Gasteiger partial charge in [0.05, 0.1) is 26.0 Å². The molecular formula is C15H19N3O2. The van der Waals surface area contributed by atoms with E-state index >= 15 is 0 Å². The topological polar surface area (TPSA) is 48.3 Å². The highest BCUT2D eigenvalue weighted by Crippen LogP contribution is 2.23. The Morgan fingerprint density at radius 1 is 1.25 bits per heavy atom. The first-order valence-corrected chi connectivity index (χ1v) is 6.91. The van der Waals surface area contributed by atoms with E-state index in [2.05, 4.69) is 10.4 Å². The Kier molecular flexibility index (Phi) is 3.87. The third kappa shape index (κ3) is 3.11. The highest BCUT2D eigenvalue weighted by molar-refractivity contribution is 5.34. The van der Waals surface area contributed by atoms with Crippen LogP contribution in [0.15, 0.2) is 36.7 Å². The van der Waals surface area contributed by atoms with Crippen molar-refractivity contribution in [2.75, 3.05) is 13.7 Å². The van der Waals surface area contributed by atoms with Gasteiger partial charge in [0.1, 0.15) is 11.5 Å². The molecule has 1 atom stereocenters. The maximum atomic E-state index is 5.76. The van der Waals surface area contributed by atoms with E-state index in [1.165, 1.54) is 12.8 Å². The molecular weight excluding hydrogens is 254 g/mol. The second kappa shape index (κ2) is 5.96. The van der Waals surface area contributed by atoms with Crippen LogP contribution in [0.25, 0.3) is 0 Å². The van der Waals surface area contributed by atoms with E-state index in [-0.39, 0.29) is 0 Å². The molecule has 1 aromatic carbocycles. The zero-order valence-electron chi connectivity index (χ0n) is 11.6. The third-order valence-electron chi connectivity index (χ3n) is 3.47. The molecule has 1 aromatic heterocycles. The average molecular weight is 273 g/mol. The van der Waals surface area contributed by atoms with Gasteiger partial charge in [-0.1, -0.05) is 0 Å². The van der Waals surface area contributed by atoms with Gasteiger partial charge in [-0.15, -0.1) is 0 Å². The van der Waals surface area contributed by atoms with Crippen molar-refractivity contribution < 1.29 is 9.47 Å². The first-order chi connectivity index (χ1) is 9.83. The summed E-state index contributed by atoms with van der Waals surface area (Å²) in [5, 5.41) is 7.80. The first kappa shape index (κ1) is 13.0. The number of nitrogens with zero attached hydrogens (tertiary/aromatic N) is 2. The second-order valence-electron chi connectivity index (χ2n) is 4.97. The zero-order valence-corrected chi connectivity index (χ0v) is 11.6. The highest BCUT2D eigenvalue weighted by Gasteiger charge is 2.15. The molecule has 5 heteroatoms. The van der Waals surface area contributed by atoms with Crippen molar-refractivity contribution in [3.8, 4) is 17.2 Å². The van der Waals surface area contributed by atoms with Gasteiger partial charge in [0.2, 0.25) is 0 Å². The molecule has 0 radical (unpaired) electrons. The molecule has 0 bridgehead atoms. The summed E-state index contributed by atoms with van der Waals surface area (Å²) < 4.78 is 12.8. The zero-order chi connectivity index (χ0) is 13.8. The van der Waals surface area contributed by atoms with Gasteiger partial charge in [0, 0.05) is 6.04 Å². The van der Waals surface area contributed by atoms with Crippen LogP contribution in [0.3, 0.4) is 0 Å². The van der Waals surface area contributed by atoms with E-state index in [1.54, 1.807) is 13.3 Å². The fourth-order valence-corrected chi connectivity index (χ4v) is 2.42. The Hall–Kier alpha value is -2.01. The average Bonchev–Trinajstić information content (AvgIpc) is 3.12. The minimum Gasteiger partial charge on any atom is -0.497 e. The molecule has 0 amide bonds. The smallest absolute Gasteiger partial charge is 0.165 e. The largest absolute Gasteiger partial charge is 0.497 e. The summed E-state index contributed by atoms with van der Waals surface area (Å²) in [6.07, 6.45) is 6.15. The van der Waals surface area contributed by atoms with Crippen molar-refractivity contribution >= 4 is 0 Å². The van der Waals surface area contributed by atoms with Crippen LogP contribution < -0.4 is 14.8 Å². The fourth-order valence-electron chi connectivity index (χ4n) is 2.42. The van der Waals surface area contributed by atoms with Gasteiger partial charge < -0.3 is 14.8 Å². The molecule has 2 aromatic rings. The number of hydrogen-bond acceptors (Lipinski definition) is 4. The van der Waals surface area contributed by atoms with Crippen LogP contribution in [0.5, 0.6) is 17.2 Å². The Labute approximate surface area is 118 Å². The molecule has 0 spiro atoms. The molecule has 106 valence electrons. The summed E-state index contributed by atoms with van der Waals surface area (Å²) >= 11 is 0. The van der Waals surface area contributed by atoms with Crippen LogP contribution in [0.1, 0.15) is 12.8 Å². The molecule has 0 saturated carbocycles. The molecule has 1 saturated heterocycles. The van der Waals surface area contributed by atoms with Crippen molar-refractivity contribution in [3.05, 3.63) is 36.7 Å². The van der Waals surface area contributed by atoms with Crippen molar-refractivity contribution in [2.45, 2.75) is 25.4 Å². The van der Waals surface area contributed by atoms with Crippen molar-refractivity contribution in [1.29, 1.82) is 0 Å². The summed E-state index contributed by atoms with van der Waals surface area (Å²) in [6, 6.07) is 8.05. The number of rotatable bonds is 5. The first-order valence-electron chi connectivity index (χ1n) is 6.91. The van der Waals surface area contributed by atoms with Crippen molar-refractivity contribution in [3.63, 3.8) is 0 Å². The maximum Gasteiger partial charge on any atom is 0.165 e. The van der Waals surface area contributed by atoms with Crippen LogP contribution >= 0.6 is 0 Å². The van der Waals surface area contributed by atoms with E-state index in [1.807, 2.05) is 35.1 Å². The van der Waals surface area contributed by atoms with E-state index in [0.717, 1.165) is 30.3 Å². The molecule has 3 rings (SSSR count). The molecule has 1 aliphatic rings. The molecule has 1 fully saturated rings. The molecule has 5 nitrogen and oxygen atoms in total. The lowest BCUT2D eigenvalue weighted by molar-refractivity contribution is 0.412. The second-order valence-corrected chi connectivity index (χ2v) is 4.97. The van der Waals surface area contributed by atoms with Gasteiger partial charge in [-0.3, -0.25) is 4.68 Å². The van der Waals surface area contributed by atoms with E-state index in [4.69, 9.17) is 9.47 Å². The third-order valence-corrected chi connectivity index (χ3v) is 3.47. The molecule has 0 aliphatic carbocycles. The van der Waals surface area contributed by atoms with E-state index in [9.17, 15) is 0 Å². The quantitative estimate of drug-likeness (QED) is 0.909. The van der Waals surface area contributed by atoms with E-state index < -0.39 is 0 Å². The van der Waals surface area contributed by atoms with Crippen LogP contribution in [-0.2, 0) is 6.54 Å². The van der Waals surface area contributed by atoms with Gasteiger partial charge in [0.25, 0.3) is 0 Å². The van der Waals surface area contributed by atoms with Gasteiger partial charge in [-0.2, -0.15) is 5.10 Å². The number of methoxy groups -OCH3 is 1. The minimum atomic E-state index is 0.531. The minimum absolute atomic E-state index is 0.531. The normalized spacial score (nSPS) is 18.1. The predicted octanol–water partition coefficient (Wildman–Crippen LogP) is 2.44. The summed E-state index contributed by atoms with van der Waals surface area (Å²) in [7, 11) is 1.65. The van der Waals surface area contributed by atoms with E-state index in [0.29, 0.717) is 6.04 Å². The summed E-state index contributed by atoms with van der Waals surface area (Å²) in [5.74, 6) is 2.36. The van der Waals surface area contributed by atoms with Gasteiger partial charge >= 0.3 is 0 Å². The lowest BCUT2D eigenvalue weighted by Crippen LogP contribution is -2.26. The highest BCUT2D eigenvalue weighted by atomic mass is 16.5. The molecule has 1 N–H and O–H groups in total. The summed E-state index contributed by atoms with van der Waals surface area (Å²) in [6.45, 7) is 2.01. The summed E-state index contributed by atoms with van der Waals surface area (Å²) in [4.78, 5) is 0. The van der Waals surface area contributed by atoms with Gasteiger partial charge in [-0.25, -0.2) is 0 Å². The summed E-state index contributed by atoms with van der Waals surface area (Å²) in [5.41, 5.74) is 0. The Bertz CT molecular complexity index is 545. The van der Waals surface area contributed by atoms with Crippen LogP contribution in [0, 0.1) is 0 Å². The maximum absolute atomic E-state index is 5.76. The monoisotopic (exact) mass is 273 g/mol. The number of benzene rings is 1. The van der Waals surface area contributed by atoms with Crippen molar-refractivity contribution in [1.82, 2.24) is 15.1 Å². The van der Waals surface area contributed by atoms with Crippen LogP contribution in [-0.4, -0.2) is 29.5 Å². The fraction of sp³-hybridized carbons (Fsp3) is 0.400. The molecule has 1 unspecified atom stereocenters. The number of hydrogen-bond donors (Lipinski definition) is 1. The Morgan fingerprint density at radius 3 is 2.75 bits per heavy atom. The van der Waals surface area contributed by atoms with Gasteiger partial charge in [0.15, 0.2) is 5.75 Å². The molecule has 2 heterocycles. The Morgan fingerprint density at radius 2 is 2.05 bits per heavy atom. The number of aromatic nitrogens is 2. The van der Waals surface area contributed by atoms with Gasteiger partial charge in [-0.05, 0) is 43.7 Å². The van der Waals surface area contributed by atoms with Crippen LogP contribution in [0.4, 0.5) is 0 Å². The molecule has 20 heavy (non-hydrogen) atoms. The van der Waals surface area contributed by atoms with Crippen molar-refractivity contribution in [2.24, 2.45) is 0 Å². The lowest BCUT2D eigenvalue weighted by atomic mass is 10.2. The SMILES string of the molecule is COc1ccc(Oc2cnn(CC3CCCN3)c2)cc1. The number of nitrogens with one attached hydrogen (secondary N) is 1. The predicted molar refractivity (Wildman–Crippen MR) is 76.3 cm³/mol. The Balaban J connectivity index is 1.60.